The smallest absolute Gasteiger partial charge is 0.251 e. The molecule has 0 spiro atoms. The van der Waals surface area contributed by atoms with Crippen molar-refractivity contribution in [2.75, 3.05) is 37.4 Å². The van der Waals surface area contributed by atoms with Crippen molar-refractivity contribution >= 4 is 33.6 Å². The average molecular weight is 378 g/mol. The van der Waals surface area contributed by atoms with E-state index in [2.05, 4.69) is 36.5 Å². The third-order valence-corrected chi connectivity index (χ3v) is 3.63. The van der Waals surface area contributed by atoms with Gasteiger partial charge in [0, 0.05) is 49.0 Å². The molecule has 1 heterocycles. The second-order valence-electron chi connectivity index (χ2n) is 5.28. The maximum absolute atomic E-state index is 12.0. The van der Waals surface area contributed by atoms with E-state index in [9.17, 15) is 4.79 Å². The first-order valence-corrected chi connectivity index (χ1v) is 8.05. The van der Waals surface area contributed by atoms with E-state index in [1.807, 2.05) is 44.1 Å². The third kappa shape index (κ3) is 5.21. The first kappa shape index (κ1) is 17.2. The quantitative estimate of drug-likeness (QED) is 0.756. The second-order valence-corrected chi connectivity index (χ2v) is 6.19. The minimum absolute atomic E-state index is 0.0987. The van der Waals surface area contributed by atoms with Gasteiger partial charge in [-0.05, 0) is 31.2 Å². The van der Waals surface area contributed by atoms with Gasteiger partial charge < -0.3 is 15.5 Å². The molecule has 0 fully saturated rings. The van der Waals surface area contributed by atoms with Crippen LogP contribution in [0.1, 0.15) is 16.1 Å². The Morgan fingerprint density at radius 1 is 1.17 bits per heavy atom. The monoisotopic (exact) mass is 377 g/mol. The molecule has 122 valence electrons. The lowest BCUT2D eigenvalue weighted by Crippen LogP contribution is -2.29. The van der Waals surface area contributed by atoms with Crippen molar-refractivity contribution in [2.45, 2.75) is 6.92 Å². The van der Waals surface area contributed by atoms with Crippen LogP contribution in [0.3, 0.4) is 0 Å². The zero-order valence-electron chi connectivity index (χ0n) is 13.4. The van der Waals surface area contributed by atoms with E-state index in [1.165, 1.54) is 0 Å². The van der Waals surface area contributed by atoms with E-state index in [4.69, 9.17) is 0 Å². The van der Waals surface area contributed by atoms with Gasteiger partial charge in [0.1, 0.15) is 5.82 Å². The summed E-state index contributed by atoms with van der Waals surface area (Å²) in [5.41, 5.74) is 1.53. The lowest BCUT2D eigenvalue weighted by Gasteiger charge is -2.14. The number of carbonyl (C=O) groups is 1. The molecule has 7 heteroatoms. The molecule has 6 nitrogen and oxygen atoms in total. The lowest BCUT2D eigenvalue weighted by molar-refractivity contribution is 0.0955. The summed E-state index contributed by atoms with van der Waals surface area (Å²) < 4.78 is 0.948. The Morgan fingerprint density at radius 3 is 2.52 bits per heavy atom. The van der Waals surface area contributed by atoms with Crippen molar-refractivity contribution in [3.05, 3.63) is 46.1 Å². The first-order chi connectivity index (χ1) is 11.0. The largest absolute Gasteiger partial charge is 0.363 e. The number of anilines is 2. The number of aryl methyl sites for hydroxylation is 1. The number of halogens is 1. The Morgan fingerprint density at radius 2 is 1.87 bits per heavy atom. The van der Waals surface area contributed by atoms with Gasteiger partial charge in [-0.1, -0.05) is 15.9 Å². The number of rotatable bonds is 6. The summed E-state index contributed by atoms with van der Waals surface area (Å²) in [4.78, 5) is 22.6. The molecule has 1 amide bonds. The Bertz CT molecular complexity index is 673. The highest BCUT2D eigenvalue weighted by Crippen LogP contribution is 2.12. The number of carbonyl (C=O) groups excluding carboxylic acids is 1. The summed E-state index contributed by atoms with van der Waals surface area (Å²) in [6, 6.07) is 9.16. The van der Waals surface area contributed by atoms with Gasteiger partial charge in [-0.3, -0.25) is 4.79 Å². The van der Waals surface area contributed by atoms with Crippen LogP contribution in [-0.2, 0) is 0 Å². The van der Waals surface area contributed by atoms with Crippen LogP contribution in [0, 0.1) is 6.92 Å². The summed E-state index contributed by atoms with van der Waals surface area (Å²) in [5.74, 6) is 1.31. The van der Waals surface area contributed by atoms with Crippen molar-refractivity contribution in [3.63, 3.8) is 0 Å². The number of aromatic nitrogens is 2. The van der Waals surface area contributed by atoms with Crippen LogP contribution in [0.4, 0.5) is 11.8 Å². The van der Waals surface area contributed by atoms with Crippen molar-refractivity contribution in [2.24, 2.45) is 0 Å². The fraction of sp³-hybridized carbons (Fsp3) is 0.312. The number of amides is 1. The molecule has 23 heavy (non-hydrogen) atoms. The molecule has 0 saturated carbocycles. The summed E-state index contributed by atoms with van der Waals surface area (Å²) >= 11 is 3.35. The van der Waals surface area contributed by atoms with Gasteiger partial charge in [-0.15, -0.1) is 0 Å². The van der Waals surface area contributed by atoms with Gasteiger partial charge in [-0.2, -0.15) is 4.98 Å². The Kier molecular flexibility index (Phi) is 5.92. The lowest BCUT2D eigenvalue weighted by atomic mass is 10.2. The van der Waals surface area contributed by atoms with E-state index in [0.717, 1.165) is 16.0 Å². The molecule has 2 rings (SSSR count). The summed E-state index contributed by atoms with van der Waals surface area (Å²) in [6.45, 7) is 2.97. The van der Waals surface area contributed by atoms with Gasteiger partial charge in [0.15, 0.2) is 0 Å². The van der Waals surface area contributed by atoms with Gasteiger partial charge >= 0.3 is 0 Å². The predicted octanol–water partition coefficient (Wildman–Crippen LogP) is 2.46. The summed E-state index contributed by atoms with van der Waals surface area (Å²) in [7, 11) is 3.87. The van der Waals surface area contributed by atoms with Crippen LogP contribution in [0.5, 0.6) is 0 Å². The van der Waals surface area contributed by atoms with Crippen molar-refractivity contribution in [1.82, 2.24) is 15.3 Å². The van der Waals surface area contributed by atoms with Gasteiger partial charge in [0.05, 0.1) is 0 Å². The molecule has 2 aromatic rings. The van der Waals surface area contributed by atoms with Crippen molar-refractivity contribution in [3.8, 4) is 0 Å². The third-order valence-electron chi connectivity index (χ3n) is 3.10. The predicted molar refractivity (Wildman–Crippen MR) is 96.1 cm³/mol. The first-order valence-electron chi connectivity index (χ1n) is 7.26. The van der Waals surface area contributed by atoms with E-state index < -0.39 is 0 Å². The van der Waals surface area contributed by atoms with E-state index >= 15 is 0 Å². The molecule has 2 N–H and O–H groups in total. The molecule has 0 radical (unpaired) electrons. The fourth-order valence-electron chi connectivity index (χ4n) is 1.91. The molecular formula is C16H20BrN5O. The van der Waals surface area contributed by atoms with Crippen molar-refractivity contribution in [1.29, 1.82) is 0 Å². The molecule has 0 atom stereocenters. The molecule has 1 aromatic heterocycles. The minimum atomic E-state index is -0.0987. The highest BCUT2D eigenvalue weighted by atomic mass is 79.9. The molecule has 0 bridgehead atoms. The van der Waals surface area contributed by atoms with E-state index in [-0.39, 0.29) is 5.91 Å². The minimum Gasteiger partial charge on any atom is -0.363 e. The molecule has 0 saturated heterocycles. The maximum atomic E-state index is 12.0. The normalized spacial score (nSPS) is 10.3. The van der Waals surface area contributed by atoms with Gasteiger partial charge in [-0.25, -0.2) is 4.98 Å². The Balaban J connectivity index is 1.83. The second kappa shape index (κ2) is 7.92. The van der Waals surface area contributed by atoms with Crippen molar-refractivity contribution < 1.29 is 4.79 Å². The molecule has 1 aromatic carbocycles. The topological polar surface area (TPSA) is 70.2 Å². The number of nitrogens with zero attached hydrogens (tertiary/aromatic N) is 3. The standard InChI is InChI=1S/C16H20BrN5O/c1-11-10-14(22(2)3)21-16(20-11)19-9-8-18-15(23)12-4-6-13(17)7-5-12/h4-7,10H,8-9H2,1-3H3,(H,18,23)(H,19,20,21). The summed E-state index contributed by atoms with van der Waals surface area (Å²) in [6.07, 6.45) is 0. The fourth-order valence-corrected chi connectivity index (χ4v) is 2.18. The number of hydrogen-bond donors (Lipinski definition) is 2. The molecule has 0 unspecified atom stereocenters. The van der Waals surface area contributed by atoms with E-state index in [0.29, 0.717) is 24.6 Å². The number of nitrogens with one attached hydrogen (secondary N) is 2. The van der Waals surface area contributed by atoms with Crippen LogP contribution in [0.15, 0.2) is 34.8 Å². The zero-order chi connectivity index (χ0) is 16.8. The molecular weight excluding hydrogens is 358 g/mol. The average Bonchev–Trinajstić information content (AvgIpc) is 2.51. The highest BCUT2D eigenvalue weighted by Gasteiger charge is 2.05. The SMILES string of the molecule is Cc1cc(N(C)C)nc(NCCNC(=O)c2ccc(Br)cc2)n1. The van der Waals surface area contributed by atoms with Gasteiger partial charge in [0.25, 0.3) is 5.91 Å². The zero-order valence-corrected chi connectivity index (χ0v) is 15.0. The summed E-state index contributed by atoms with van der Waals surface area (Å²) in [5, 5.41) is 5.98. The van der Waals surface area contributed by atoms with Crippen LogP contribution >= 0.6 is 15.9 Å². The molecule has 0 aliphatic carbocycles. The highest BCUT2D eigenvalue weighted by molar-refractivity contribution is 9.10. The van der Waals surface area contributed by atoms with Crippen LogP contribution in [0.25, 0.3) is 0 Å². The number of benzene rings is 1. The molecule has 0 aliphatic rings. The van der Waals surface area contributed by atoms with Crippen LogP contribution in [-0.4, -0.2) is 43.1 Å². The molecule has 0 aliphatic heterocycles. The Labute approximate surface area is 144 Å². The van der Waals surface area contributed by atoms with Crippen LogP contribution < -0.4 is 15.5 Å². The number of hydrogen-bond acceptors (Lipinski definition) is 5. The van der Waals surface area contributed by atoms with Gasteiger partial charge in [0.2, 0.25) is 5.95 Å². The Hall–Kier alpha value is -2.15. The van der Waals surface area contributed by atoms with E-state index in [1.54, 1.807) is 12.1 Å². The van der Waals surface area contributed by atoms with Crippen LogP contribution in [0.2, 0.25) is 0 Å². The maximum Gasteiger partial charge on any atom is 0.251 e.